The molecule has 0 amide bonds. The van der Waals surface area contributed by atoms with E-state index in [0.717, 1.165) is 38.7 Å². The summed E-state index contributed by atoms with van der Waals surface area (Å²) in [5.74, 6) is 0.228. The van der Waals surface area contributed by atoms with Crippen molar-refractivity contribution in [1.29, 1.82) is 0 Å². The zero-order valence-corrected chi connectivity index (χ0v) is 9.47. The summed E-state index contributed by atoms with van der Waals surface area (Å²) < 4.78 is 5.80. The summed E-state index contributed by atoms with van der Waals surface area (Å²) in [6.45, 7) is 4.61. The quantitative estimate of drug-likeness (QED) is 0.613. The number of rotatable bonds is 6. The standard InChI is InChI=1S/C12H22O2/c1-3-4-7-10-14-12(11(2)13)8-5-6-9-12/h3-10H2,1-2H3. The second-order valence-corrected chi connectivity index (χ2v) is 4.31. The second kappa shape index (κ2) is 5.50. The third-order valence-electron chi connectivity index (χ3n) is 3.18. The third-order valence-corrected chi connectivity index (χ3v) is 3.18. The largest absolute Gasteiger partial charge is 0.367 e. The average Bonchev–Trinajstić information content (AvgIpc) is 2.62. The Morgan fingerprint density at radius 3 is 2.43 bits per heavy atom. The predicted molar refractivity (Wildman–Crippen MR) is 57.4 cm³/mol. The Kier molecular flexibility index (Phi) is 4.59. The minimum Gasteiger partial charge on any atom is -0.367 e. The van der Waals surface area contributed by atoms with Crippen molar-refractivity contribution in [3.63, 3.8) is 0 Å². The van der Waals surface area contributed by atoms with Crippen LogP contribution in [0.5, 0.6) is 0 Å². The van der Waals surface area contributed by atoms with Gasteiger partial charge in [-0.25, -0.2) is 0 Å². The lowest BCUT2D eigenvalue weighted by Gasteiger charge is -2.26. The summed E-state index contributed by atoms with van der Waals surface area (Å²) >= 11 is 0. The van der Waals surface area contributed by atoms with Crippen LogP contribution in [-0.2, 0) is 9.53 Å². The number of ether oxygens (including phenoxy) is 1. The Labute approximate surface area is 87.0 Å². The van der Waals surface area contributed by atoms with E-state index in [1.165, 1.54) is 12.8 Å². The zero-order valence-electron chi connectivity index (χ0n) is 9.47. The van der Waals surface area contributed by atoms with E-state index in [9.17, 15) is 4.79 Å². The molecule has 0 spiro atoms. The first-order valence-electron chi connectivity index (χ1n) is 5.86. The molecule has 0 aromatic carbocycles. The van der Waals surface area contributed by atoms with Crippen LogP contribution in [0, 0.1) is 0 Å². The van der Waals surface area contributed by atoms with Gasteiger partial charge in [-0.1, -0.05) is 19.8 Å². The average molecular weight is 198 g/mol. The number of ketones is 1. The molecule has 0 aromatic heterocycles. The molecule has 1 aliphatic carbocycles. The van der Waals surface area contributed by atoms with Gasteiger partial charge in [0.15, 0.2) is 5.78 Å². The van der Waals surface area contributed by atoms with Crippen LogP contribution in [0.15, 0.2) is 0 Å². The highest BCUT2D eigenvalue weighted by Crippen LogP contribution is 2.34. The first-order chi connectivity index (χ1) is 6.71. The highest BCUT2D eigenvalue weighted by atomic mass is 16.5. The maximum atomic E-state index is 11.5. The summed E-state index contributed by atoms with van der Waals surface area (Å²) in [6.07, 6.45) is 7.67. The van der Waals surface area contributed by atoms with E-state index in [1.54, 1.807) is 6.92 Å². The Bertz CT molecular complexity index is 181. The fourth-order valence-electron chi connectivity index (χ4n) is 2.16. The van der Waals surface area contributed by atoms with Gasteiger partial charge < -0.3 is 4.74 Å². The first kappa shape index (κ1) is 11.7. The van der Waals surface area contributed by atoms with Crippen molar-refractivity contribution in [2.45, 2.75) is 64.4 Å². The third kappa shape index (κ3) is 2.81. The molecule has 0 aliphatic heterocycles. The summed E-state index contributed by atoms with van der Waals surface area (Å²) in [5, 5.41) is 0. The van der Waals surface area contributed by atoms with Gasteiger partial charge in [0.25, 0.3) is 0 Å². The molecule has 0 saturated heterocycles. The smallest absolute Gasteiger partial charge is 0.161 e. The molecule has 1 saturated carbocycles. The Morgan fingerprint density at radius 1 is 1.29 bits per heavy atom. The Balaban J connectivity index is 2.33. The summed E-state index contributed by atoms with van der Waals surface area (Å²) in [7, 11) is 0. The van der Waals surface area contributed by atoms with E-state index >= 15 is 0 Å². The van der Waals surface area contributed by atoms with Gasteiger partial charge in [0.05, 0.1) is 0 Å². The molecular weight excluding hydrogens is 176 g/mol. The molecule has 0 bridgehead atoms. The molecule has 0 radical (unpaired) electrons. The Hall–Kier alpha value is -0.370. The molecule has 0 heterocycles. The van der Waals surface area contributed by atoms with Crippen molar-refractivity contribution in [2.24, 2.45) is 0 Å². The highest BCUT2D eigenvalue weighted by Gasteiger charge is 2.39. The summed E-state index contributed by atoms with van der Waals surface area (Å²) in [5.41, 5.74) is -0.395. The molecule has 1 fully saturated rings. The van der Waals surface area contributed by atoms with Crippen molar-refractivity contribution < 1.29 is 9.53 Å². The highest BCUT2D eigenvalue weighted by molar-refractivity contribution is 5.85. The fourth-order valence-corrected chi connectivity index (χ4v) is 2.16. The lowest BCUT2D eigenvalue weighted by Crippen LogP contribution is -2.37. The van der Waals surface area contributed by atoms with Crippen LogP contribution in [0.25, 0.3) is 0 Å². The van der Waals surface area contributed by atoms with Crippen molar-refractivity contribution in [2.75, 3.05) is 6.61 Å². The number of carbonyl (C=O) groups excluding carboxylic acids is 1. The zero-order chi connectivity index (χ0) is 10.4. The van der Waals surface area contributed by atoms with Crippen molar-refractivity contribution in [3.05, 3.63) is 0 Å². The van der Waals surface area contributed by atoms with Gasteiger partial charge in [-0.3, -0.25) is 4.79 Å². The second-order valence-electron chi connectivity index (χ2n) is 4.31. The fraction of sp³-hybridized carbons (Fsp3) is 0.917. The molecule has 0 atom stereocenters. The van der Waals surface area contributed by atoms with Crippen molar-refractivity contribution in [1.82, 2.24) is 0 Å². The maximum absolute atomic E-state index is 11.5. The van der Waals surface area contributed by atoms with Gasteiger partial charge in [-0.05, 0) is 39.0 Å². The maximum Gasteiger partial charge on any atom is 0.161 e. The number of hydrogen-bond acceptors (Lipinski definition) is 2. The lowest BCUT2D eigenvalue weighted by atomic mass is 9.97. The van der Waals surface area contributed by atoms with Crippen LogP contribution < -0.4 is 0 Å². The normalized spacial score (nSPS) is 19.9. The summed E-state index contributed by atoms with van der Waals surface area (Å²) in [6, 6.07) is 0. The molecule has 2 nitrogen and oxygen atoms in total. The monoisotopic (exact) mass is 198 g/mol. The van der Waals surface area contributed by atoms with E-state index in [-0.39, 0.29) is 5.78 Å². The van der Waals surface area contributed by atoms with Crippen LogP contribution in [0.4, 0.5) is 0 Å². The first-order valence-corrected chi connectivity index (χ1v) is 5.86. The number of Topliss-reactive ketones (excluding diaryl/α,β-unsaturated/α-hetero) is 1. The van der Waals surface area contributed by atoms with Crippen LogP contribution >= 0.6 is 0 Å². The van der Waals surface area contributed by atoms with Gasteiger partial charge in [0.2, 0.25) is 0 Å². The van der Waals surface area contributed by atoms with E-state index < -0.39 is 5.60 Å². The molecule has 0 unspecified atom stereocenters. The molecule has 0 N–H and O–H groups in total. The number of hydrogen-bond donors (Lipinski definition) is 0. The van der Waals surface area contributed by atoms with Crippen molar-refractivity contribution in [3.8, 4) is 0 Å². The van der Waals surface area contributed by atoms with Gasteiger partial charge in [0.1, 0.15) is 5.60 Å². The number of unbranched alkanes of at least 4 members (excludes halogenated alkanes) is 2. The molecule has 1 rings (SSSR count). The van der Waals surface area contributed by atoms with E-state index in [2.05, 4.69) is 6.92 Å². The van der Waals surface area contributed by atoms with Crippen molar-refractivity contribution >= 4 is 5.78 Å². The molecular formula is C12H22O2. The van der Waals surface area contributed by atoms with Crippen LogP contribution in [0.3, 0.4) is 0 Å². The summed E-state index contributed by atoms with van der Waals surface area (Å²) in [4.78, 5) is 11.5. The molecule has 0 aromatic rings. The van der Waals surface area contributed by atoms with Gasteiger partial charge in [-0.2, -0.15) is 0 Å². The van der Waals surface area contributed by atoms with E-state index in [0.29, 0.717) is 0 Å². The SMILES string of the molecule is CCCCCOC1(C(C)=O)CCCC1. The van der Waals surface area contributed by atoms with Gasteiger partial charge in [0, 0.05) is 6.61 Å². The van der Waals surface area contributed by atoms with Crippen LogP contribution in [-0.4, -0.2) is 18.0 Å². The molecule has 2 heteroatoms. The predicted octanol–water partition coefficient (Wildman–Crippen LogP) is 3.10. The topological polar surface area (TPSA) is 26.3 Å². The molecule has 82 valence electrons. The Morgan fingerprint density at radius 2 is 1.93 bits per heavy atom. The van der Waals surface area contributed by atoms with Crippen LogP contribution in [0.1, 0.15) is 58.8 Å². The van der Waals surface area contributed by atoms with E-state index in [4.69, 9.17) is 4.74 Å². The van der Waals surface area contributed by atoms with E-state index in [1.807, 2.05) is 0 Å². The van der Waals surface area contributed by atoms with Crippen LogP contribution in [0.2, 0.25) is 0 Å². The van der Waals surface area contributed by atoms with Gasteiger partial charge >= 0.3 is 0 Å². The van der Waals surface area contributed by atoms with Gasteiger partial charge in [-0.15, -0.1) is 0 Å². The molecule has 1 aliphatic rings. The minimum atomic E-state index is -0.395. The molecule has 14 heavy (non-hydrogen) atoms. The minimum absolute atomic E-state index is 0.228. The number of carbonyl (C=O) groups is 1. The lowest BCUT2D eigenvalue weighted by molar-refractivity contribution is -0.142.